The maximum Gasteiger partial charge on any atom is 0.195 e. The maximum absolute atomic E-state index is 14.0. The highest BCUT2D eigenvalue weighted by molar-refractivity contribution is 5.78. The van der Waals surface area contributed by atoms with Gasteiger partial charge in [-0.2, -0.15) is 0 Å². The van der Waals surface area contributed by atoms with Crippen molar-refractivity contribution in [1.82, 2.24) is 0 Å². The van der Waals surface area contributed by atoms with E-state index in [0.29, 0.717) is 5.75 Å². The standard InChI is InChI=1S/C15H13F3O3/c1-19-8-6-11(20-2)13(12(7-8)21-3)9-4-5-10(16)15(18)14(9)17/h4-7H,1-3H3. The van der Waals surface area contributed by atoms with Crippen LogP contribution in [0.25, 0.3) is 11.1 Å². The molecule has 0 spiro atoms. The summed E-state index contributed by atoms with van der Waals surface area (Å²) in [7, 11) is 4.19. The number of ether oxygens (including phenoxy) is 3. The van der Waals surface area contributed by atoms with Crippen LogP contribution in [0.1, 0.15) is 0 Å². The van der Waals surface area contributed by atoms with Crippen molar-refractivity contribution in [2.24, 2.45) is 0 Å². The Morgan fingerprint density at radius 1 is 0.762 bits per heavy atom. The van der Waals surface area contributed by atoms with Gasteiger partial charge in [0.1, 0.15) is 17.2 Å². The molecular formula is C15H13F3O3. The summed E-state index contributed by atoms with van der Waals surface area (Å²) in [5, 5.41) is 0. The molecule has 21 heavy (non-hydrogen) atoms. The van der Waals surface area contributed by atoms with Gasteiger partial charge >= 0.3 is 0 Å². The molecular weight excluding hydrogens is 285 g/mol. The van der Waals surface area contributed by atoms with E-state index in [9.17, 15) is 13.2 Å². The van der Waals surface area contributed by atoms with Crippen LogP contribution in [0.3, 0.4) is 0 Å². The predicted molar refractivity (Wildman–Crippen MR) is 71.4 cm³/mol. The number of hydrogen-bond acceptors (Lipinski definition) is 3. The predicted octanol–water partition coefficient (Wildman–Crippen LogP) is 3.80. The van der Waals surface area contributed by atoms with E-state index in [1.54, 1.807) is 0 Å². The second-order valence-electron chi connectivity index (χ2n) is 4.13. The van der Waals surface area contributed by atoms with Gasteiger partial charge in [0.05, 0.1) is 26.9 Å². The molecule has 3 nitrogen and oxygen atoms in total. The third-order valence-electron chi connectivity index (χ3n) is 3.02. The first kappa shape index (κ1) is 15.0. The molecule has 0 aliphatic rings. The van der Waals surface area contributed by atoms with Gasteiger partial charge in [0, 0.05) is 17.7 Å². The fraction of sp³-hybridized carbons (Fsp3) is 0.200. The van der Waals surface area contributed by atoms with Crippen molar-refractivity contribution in [2.75, 3.05) is 21.3 Å². The van der Waals surface area contributed by atoms with Crippen molar-refractivity contribution in [1.29, 1.82) is 0 Å². The second-order valence-corrected chi connectivity index (χ2v) is 4.13. The van der Waals surface area contributed by atoms with Crippen molar-refractivity contribution in [3.05, 3.63) is 41.7 Å². The molecule has 0 N–H and O–H groups in total. The van der Waals surface area contributed by atoms with Gasteiger partial charge in [-0.05, 0) is 12.1 Å². The van der Waals surface area contributed by atoms with Crippen LogP contribution in [0, 0.1) is 17.5 Å². The lowest BCUT2D eigenvalue weighted by molar-refractivity contribution is 0.377. The zero-order valence-corrected chi connectivity index (χ0v) is 11.7. The van der Waals surface area contributed by atoms with Gasteiger partial charge in [-0.1, -0.05) is 0 Å². The molecule has 0 bridgehead atoms. The summed E-state index contributed by atoms with van der Waals surface area (Å²) in [6.07, 6.45) is 0. The molecule has 2 aromatic rings. The number of hydrogen-bond donors (Lipinski definition) is 0. The van der Waals surface area contributed by atoms with Gasteiger partial charge in [0.25, 0.3) is 0 Å². The second kappa shape index (κ2) is 5.95. The first-order valence-corrected chi connectivity index (χ1v) is 5.97. The van der Waals surface area contributed by atoms with Crippen molar-refractivity contribution in [2.45, 2.75) is 0 Å². The van der Waals surface area contributed by atoms with Crippen molar-refractivity contribution in [3.63, 3.8) is 0 Å². The van der Waals surface area contributed by atoms with E-state index in [-0.39, 0.29) is 22.6 Å². The molecule has 0 atom stereocenters. The Kier molecular flexibility index (Phi) is 4.26. The monoisotopic (exact) mass is 298 g/mol. The Morgan fingerprint density at radius 2 is 1.33 bits per heavy atom. The van der Waals surface area contributed by atoms with E-state index in [2.05, 4.69) is 0 Å². The number of methoxy groups -OCH3 is 3. The Bertz CT molecular complexity index is 646. The summed E-state index contributed by atoms with van der Waals surface area (Å²) in [5.41, 5.74) is 0.0162. The highest BCUT2D eigenvalue weighted by Gasteiger charge is 2.22. The molecule has 2 rings (SSSR count). The minimum absolute atomic E-state index is 0.162. The SMILES string of the molecule is COc1cc(OC)c(-c2ccc(F)c(F)c2F)c(OC)c1. The average Bonchev–Trinajstić information content (AvgIpc) is 2.51. The average molecular weight is 298 g/mol. The summed E-state index contributed by atoms with van der Waals surface area (Å²) < 4.78 is 55.9. The van der Waals surface area contributed by atoms with E-state index >= 15 is 0 Å². The Labute approximate surface area is 119 Å². The zero-order valence-electron chi connectivity index (χ0n) is 11.7. The van der Waals surface area contributed by atoms with Crippen LogP contribution in [0.15, 0.2) is 24.3 Å². The highest BCUT2D eigenvalue weighted by Crippen LogP contribution is 2.43. The number of rotatable bonds is 4. The van der Waals surface area contributed by atoms with Crippen LogP contribution in [-0.2, 0) is 0 Å². The lowest BCUT2D eigenvalue weighted by atomic mass is 10.0. The molecule has 0 heterocycles. The third-order valence-corrected chi connectivity index (χ3v) is 3.02. The summed E-state index contributed by atoms with van der Waals surface area (Å²) in [6, 6.07) is 4.97. The summed E-state index contributed by atoms with van der Waals surface area (Å²) >= 11 is 0. The lowest BCUT2D eigenvalue weighted by Gasteiger charge is -2.16. The largest absolute Gasteiger partial charge is 0.496 e. The van der Waals surface area contributed by atoms with E-state index in [1.807, 2.05) is 0 Å². The fourth-order valence-electron chi connectivity index (χ4n) is 1.99. The molecule has 0 saturated carbocycles. The summed E-state index contributed by atoms with van der Waals surface area (Å²) in [6.45, 7) is 0. The minimum atomic E-state index is -1.55. The minimum Gasteiger partial charge on any atom is -0.496 e. The van der Waals surface area contributed by atoms with Crippen LogP contribution in [0.2, 0.25) is 0 Å². The van der Waals surface area contributed by atoms with Crippen LogP contribution in [0.4, 0.5) is 13.2 Å². The Hall–Kier alpha value is -2.37. The third kappa shape index (κ3) is 2.61. The first-order chi connectivity index (χ1) is 10.0. The number of halogens is 3. The van der Waals surface area contributed by atoms with Crippen LogP contribution >= 0.6 is 0 Å². The summed E-state index contributed by atoms with van der Waals surface area (Å²) in [4.78, 5) is 0. The molecule has 2 aromatic carbocycles. The van der Waals surface area contributed by atoms with Crippen molar-refractivity contribution in [3.8, 4) is 28.4 Å². The van der Waals surface area contributed by atoms with Crippen LogP contribution in [0.5, 0.6) is 17.2 Å². The van der Waals surface area contributed by atoms with Gasteiger partial charge in [-0.25, -0.2) is 13.2 Å². The van der Waals surface area contributed by atoms with Gasteiger partial charge in [-0.15, -0.1) is 0 Å². The van der Waals surface area contributed by atoms with Crippen LogP contribution in [-0.4, -0.2) is 21.3 Å². The first-order valence-electron chi connectivity index (χ1n) is 5.97. The molecule has 6 heteroatoms. The topological polar surface area (TPSA) is 27.7 Å². The quantitative estimate of drug-likeness (QED) is 0.804. The Balaban J connectivity index is 2.76. The van der Waals surface area contributed by atoms with E-state index in [0.717, 1.165) is 12.1 Å². The van der Waals surface area contributed by atoms with Crippen molar-refractivity contribution >= 4 is 0 Å². The van der Waals surface area contributed by atoms with Gasteiger partial charge in [-0.3, -0.25) is 0 Å². The molecule has 0 fully saturated rings. The maximum atomic E-state index is 14.0. The lowest BCUT2D eigenvalue weighted by Crippen LogP contribution is -1.99. The molecule has 0 aliphatic heterocycles. The van der Waals surface area contributed by atoms with Crippen LogP contribution < -0.4 is 14.2 Å². The number of benzene rings is 2. The van der Waals surface area contributed by atoms with E-state index in [4.69, 9.17) is 14.2 Å². The molecule has 0 amide bonds. The van der Waals surface area contributed by atoms with Gasteiger partial charge in [0.15, 0.2) is 17.5 Å². The van der Waals surface area contributed by atoms with Crippen molar-refractivity contribution < 1.29 is 27.4 Å². The van der Waals surface area contributed by atoms with Gasteiger partial charge in [0.2, 0.25) is 0 Å². The molecule has 0 aromatic heterocycles. The van der Waals surface area contributed by atoms with Gasteiger partial charge < -0.3 is 14.2 Å². The normalized spacial score (nSPS) is 10.4. The molecule has 0 saturated heterocycles. The zero-order chi connectivity index (χ0) is 15.6. The smallest absolute Gasteiger partial charge is 0.195 e. The molecule has 0 aliphatic carbocycles. The van der Waals surface area contributed by atoms with E-state index < -0.39 is 17.5 Å². The highest BCUT2D eigenvalue weighted by atomic mass is 19.2. The Morgan fingerprint density at radius 3 is 1.81 bits per heavy atom. The molecule has 0 radical (unpaired) electrons. The molecule has 0 unspecified atom stereocenters. The fourth-order valence-corrected chi connectivity index (χ4v) is 1.99. The van der Waals surface area contributed by atoms with E-state index in [1.165, 1.54) is 33.5 Å². The molecule has 112 valence electrons. The summed E-state index contributed by atoms with van der Waals surface area (Å²) in [5.74, 6) is -3.26.